The largest absolute Gasteiger partial charge is 0.341 e. The van der Waals surface area contributed by atoms with Crippen LogP contribution in [0.15, 0.2) is 24.3 Å². The Kier molecular flexibility index (Phi) is 6.77. The van der Waals surface area contributed by atoms with Crippen molar-refractivity contribution in [3.8, 4) is 0 Å². The van der Waals surface area contributed by atoms with Crippen molar-refractivity contribution in [2.75, 3.05) is 26.2 Å². The smallest absolute Gasteiger partial charge is 0.251 e. The minimum Gasteiger partial charge on any atom is -0.341 e. The second kappa shape index (κ2) is 9.07. The quantitative estimate of drug-likeness (QED) is 0.838. The standard InChI is InChI=1S/C21H30ClN3O2/c1-15(2)19(23-20(26)16-5-7-17(22)8-6-16)21(27)25-13-9-18(10-14-25)24-11-3-4-12-24/h5-8,15,18-19H,3-4,9-14H2,1-2H3,(H,23,26). The van der Waals surface area contributed by atoms with Gasteiger partial charge in [0.25, 0.3) is 5.91 Å². The van der Waals surface area contributed by atoms with Gasteiger partial charge in [0.1, 0.15) is 6.04 Å². The van der Waals surface area contributed by atoms with Crippen LogP contribution in [0.25, 0.3) is 0 Å². The summed E-state index contributed by atoms with van der Waals surface area (Å²) in [6.45, 7) is 7.90. The van der Waals surface area contributed by atoms with E-state index in [9.17, 15) is 9.59 Å². The summed E-state index contributed by atoms with van der Waals surface area (Å²) in [7, 11) is 0. The predicted octanol–water partition coefficient (Wildman–Crippen LogP) is 3.18. The molecular formula is C21H30ClN3O2. The van der Waals surface area contributed by atoms with Crippen LogP contribution in [-0.2, 0) is 4.79 Å². The van der Waals surface area contributed by atoms with Gasteiger partial charge >= 0.3 is 0 Å². The number of halogens is 1. The Morgan fingerprint density at radius 1 is 1.04 bits per heavy atom. The Hall–Kier alpha value is -1.59. The molecule has 1 N–H and O–H groups in total. The number of carbonyl (C=O) groups excluding carboxylic acids is 2. The molecule has 2 fully saturated rings. The highest BCUT2D eigenvalue weighted by molar-refractivity contribution is 6.30. The third-order valence-electron chi connectivity index (χ3n) is 5.76. The van der Waals surface area contributed by atoms with E-state index < -0.39 is 6.04 Å². The predicted molar refractivity (Wildman–Crippen MR) is 108 cm³/mol. The number of amides is 2. The van der Waals surface area contributed by atoms with Gasteiger partial charge in [-0.15, -0.1) is 0 Å². The molecule has 1 unspecified atom stereocenters. The molecule has 3 rings (SSSR count). The van der Waals surface area contributed by atoms with Crippen LogP contribution in [0.1, 0.15) is 49.9 Å². The van der Waals surface area contributed by atoms with Gasteiger partial charge in [-0.25, -0.2) is 0 Å². The van der Waals surface area contributed by atoms with E-state index in [-0.39, 0.29) is 17.7 Å². The highest BCUT2D eigenvalue weighted by Crippen LogP contribution is 2.22. The molecule has 0 spiro atoms. The molecule has 2 heterocycles. The Bertz CT molecular complexity index is 648. The van der Waals surface area contributed by atoms with Crippen LogP contribution in [0.2, 0.25) is 5.02 Å². The van der Waals surface area contributed by atoms with Crippen LogP contribution in [0.3, 0.4) is 0 Å². The van der Waals surface area contributed by atoms with Gasteiger partial charge in [0.15, 0.2) is 0 Å². The number of nitrogens with one attached hydrogen (secondary N) is 1. The van der Waals surface area contributed by atoms with E-state index in [0.717, 1.165) is 25.9 Å². The van der Waals surface area contributed by atoms with Crippen LogP contribution in [0.4, 0.5) is 0 Å². The fourth-order valence-corrected chi connectivity index (χ4v) is 4.22. The van der Waals surface area contributed by atoms with E-state index in [1.165, 1.54) is 25.9 Å². The molecule has 0 radical (unpaired) electrons. The molecule has 2 aliphatic rings. The molecule has 27 heavy (non-hydrogen) atoms. The molecule has 0 aliphatic carbocycles. The van der Waals surface area contributed by atoms with E-state index >= 15 is 0 Å². The summed E-state index contributed by atoms with van der Waals surface area (Å²) in [5.74, 6) is -0.164. The van der Waals surface area contributed by atoms with Gasteiger partial charge in [0.05, 0.1) is 0 Å². The fraction of sp³-hybridized carbons (Fsp3) is 0.619. The molecule has 1 aromatic rings. The lowest BCUT2D eigenvalue weighted by atomic mass is 9.98. The van der Waals surface area contributed by atoms with Crippen molar-refractivity contribution in [2.45, 2.75) is 51.6 Å². The first-order valence-corrected chi connectivity index (χ1v) is 10.4. The van der Waals surface area contributed by atoms with E-state index in [0.29, 0.717) is 16.6 Å². The van der Waals surface area contributed by atoms with Crippen LogP contribution in [0.5, 0.6) is 0 Å². The molecule has 0 saturated carbocycles. The highest BCUT2D eigenvalue weighted by Gasteiger charge is 2.33. The van der Waals surface area contributed by atoms with Gasteiger partial charge in [-0.2, -0.15) is 0 Å². The summed E-state index contributed by atoms with van der Waals surface area (Å²) in [6, 6.07) is 6.84. The van der Waals surface area contributed by atoms with Crippen molar-refractivity contribution >= 4 is 23.4 Å². The number of benzene rings is 1. The molecular weight excluding hydrogens is 362 g/mol. The van der Waals surface area contributed by atoms with Crippen LogP contribution in [-0.4, -0.2) is 59.9 Å². The zero-order valence-corrected chi connectivity index (χ0v) is 17.0. The zero-order valence-electron chi connectivity index (χ0n) is 16.3. The minimum absolute atomic E-state index is 0.0325. The fourth-order valence-electron chi connectivity index (χ4n) is 4.09. The number of hydrogen-bond acceptors (Lipinski definition) is 3. The zero-order chi connectivity index (χ0) is 19.4. The van der Waals surface area contributed by atoms with Gasteiger partial charge in [-0.3, -0.25) is 9.59 Å². The van der Waals surface area contributed by atoms with Crippen molar-refractivity contribution in [1.82, 2.24) is 15.1 Å². The van der Waals surface area contributed by atoms with Crippen molar-refractivity contribution in [3.63, 3.8) is 0 Å². The average molecular weight is 392 g/mol. The van der Waals surface area contributed by atoms with Crippen LogP contribution >= 0.6 is 11.6 Å². The molecule has 5 nitrogen and oxygen atoms in total. The van der Waals surface area contributed by atoms with Gasteiger partial charge in [0.2, 0.25) is 5.91 Å². The monoisotopic (exact) mass is 391 g/mol. The number of carbonyl (C=O) groups is 2. The summed E-state index contributed by atoms with van der Waals surface area (Å²) in [5.41, 5.74) is 0.519. The molecule has 2 saturated heterocycles. The highest BCUT2D eigenvalue weighted by atomic mass is 35.5. The maximum Gasteiger partial charge on any atom is 0.251 e. The van der Waals surface area contributed by atoms with Crippen molar-refractivity contribution in [1.29, 1.82) is 0 Å². The number of nitrogens with zero attached hydrogens (tertiary/aromatic N) is 2. The number of rotatable bonds is 5. The molecule has 1 aromatic carbocycles. The second-order valence-electron chi connectivity index (χ2n) is 8.00. The van der Waals surface area contributed by atoms with Gasteiger partial charge in [-0.1, -0.05) is 25.4 Å². The van der Waals surface area contributed by atoms with Gasteiger partial charge < -0.3 is 15.1 Å². The topological polar surface area (TPSA) is 52.7 Å². The molecule has 2 aliphatic heterocycles. The summed E-state index contributed by atoms with van der Waals surface area (Å²) in [6.07, 6.45) is 4.65. The third kappa shape index (κ3) is 5.02. The summed E-state index contributed by atoms with van der Waals surface area (Å²) in [4.78, 5) is 30.1. The first kappa shape index (κ1) is 20.2. The summed E-state index contributed by atoms with van der Waals surface area (Å²) in [5, 5.41) is 3.52. The Morgan fingerprint density at radius 3 is 2.19 bits per heavy atom. The molecule has 1 atom stereocenters. The lowest BCUT2D eigenvalue weighted by molar-refractivity contribution is -0.135. The first-order chi connectivity index (χ1) is 13.0. The molecule has 6 heteroatoms. The van der Waals surface area contributed by atoms with Crippen LogP contribution in [0, 0.1) is 5.92 Å². The second-order valence-corrected chi connectivity index (χ2v) is 8.44. The number of hydrogen-bond donors (Lipinski definition) is 1. The van der Waals surface area contributed by atoms with Crippen molar-refractivity contribution < 1.29 is 9.59 Å². The maximum absolute atomic E-state index is 13.1. The normalized spacial score (nSPS) is 20.1. The number of piperidine rings is 1. The lowest BCUT2D eigenvalue weighted by Crippen LogP contribution is -2.54. The van der Waals surface area contributed by atoms with E-state index in [1.807, 2.05) is 18.7 Å². The van der Waals surface area contributed by atoms with Gasteiger partial charge in [0, 0.05) is 29.7 Å². The van der Waals surface area contributed by atoms with E-state index in [4.69, 9.17) is 11.6 Å². The molecule has 2 amide bonds. The SMILES string of the molecule is CC(C)C(NC(=O)c1ccc(Cl)cc1)C(=O)N1CCC(N2CCCC2)CC1. The molecule has 148 valence electrons. The summed E-state index contributed by atoms with van der Waals surface area (Å²) < 4.78 is 0. The Morgan fingerprint density at radius 2 is 1.63 bits per heavy atom. The van der Waals surface area contributed by atoms with Crippen molar-refractivity contribution in [3.05, 3.63) is 34.9 Å². The third-order valence-corrected chi connectivity index (χ3v) is 6.01. The molecule has 0 bridgehead atoms. The maximum atomic E-state index is 13.1. The van der Waals surface area contributed by atoms with E-state index in [2.05, 4.69) is 10.2 Å². The number of likely N-dealkylation sites (tertiary alicyclic amines) is 2. The minimum atomic E-state index is -0.503. The first-order valence-electron chi connectivity index (χ1n) is 10.0. The van der Waals surface area contributed by atoms with Gasteiger partial charge in [-0.05, 0) is 69.0 Å². The summed E-state index contributed by atoms with van der Waals surface area (Å²) >= 11 is 5.89. The Balaban J connectivity index is 1.58. The lowest BCUT2D eigenvalue weighted by Gasteiger charge is -2.38. The molecule has 0 aromatic heterocycles. The average Bonchev–Trinajstić information content (AvgIpc) is 3.20. The van der Waals surface area contributed by atoms with E-state index in [1.54, 1.807) is 24.3 Å². The van der Waals surface area contributed by atoms with Crippen LogP contribution < -0.4 is 5.32 Å². The Labute approximate surface area is 167 Å². The van der Waals surface area contributed by atoms with Crippen molar-refractivity contribution in [2.24, 2.45) is 5.92 Å².